The largest absolute Gasteiger partial charge is 0.310 e. The van der Waals surface area contributed by atoms with Gasteiger partial charge in [0.05, 0.1) is 0 Å². The highest BCUT2D eigenvalue weighted by molar-refractivity contribution is 7.99. The molecule has 15 heavy (non-hydrogen) atoms. The fourth-order valence-electron chi connectivity index (χ4n) is 2.21. The van der Waals surface area contributed by atoms with Crippen LogP contribution in [0.25, 0.3) is 0 Å². The van der Waals surface area contributed by atoms with Crippen molar-refractivity contribution in [3.63, 3.8) is 0 Å². The summed E-state index contributed by atoms with van der Waals surface area (Å²) in [5, 5.41) is 3.85. The van der Waals surface area contributed by atoms with Crippen LogP contribution >= 0.6 is 11.8 Å². The molecule has 0 bridgehead atoms. The fraction of sp³-hybridized carbons (Fsp3) is 1.00. The molecule has 1 saturated heterocycles. The lowest BCUT2D eigenvalue weighted by atomic mass is 9.97. The Bertz CT molecular complexity index is 155. The Morgan fingerprint density at radius 3 is 2.67 bits per heavy atom. The van der Waals surface area contributed by atoms with Crippen molar-refractivity contribution in [1.29, 1.82) is 0 Å². The molecule has 0 aromatic rings. The maximum Gasteiger partial charge on any atom is 0.0161 e. The molecule has 1 N–H and O–H groups in total. The van der Waals surface area contributed by atoms with Gasteiger partial charge in [-0.2, -0.15) is 11.8 Å². The van der Waals surface area contributed by atoms with Crippen molar-refractivity contribution in [3.05, 3.63) is 0 Å². The third kappa shape index (κ3) is 5.26. The molecule has 1 fully saturated rings. The second kappa shape index (κ2) is 7.56. The van der Waals surface area contributed by atoms with Crippen LogP contribution in [0.5, 0.6) is 0 Å². The summed E-state index contributed by atoms with van der Waals surface area (Å²) in [5.41, 5.74) is 0. The Morgan fingerprint density at radius 2 is 2.13 bits per heavy atom. The summed E-state index contributed by atoms with van der Waals surface area (Å²) in [5.74, 6) is 3.58. The average molecular weight is 229 g/mol. The summed E-state index contributed by atoms with van der Waals surface area (Å²) in [6.07, 6.45) is 6.75. The van der Waals surface area contributed by atoms with Crippen molar-refractivity contribution >= 4 is 11.8 Å². The first-order valence-corrected chi connectivity index (χ1v) is 7.75. The minimum Gasteiger partial charge on any atom is -0.310 e. The van der Waals surface area contributed by atoms with Crippen LogP contribution in [0.2, 0.25) is 0 Å². The Balaban J connectivity index is 2.25. The minimum atomic E-state index is 0.753. The molecule has 0 aliphatic carbocycles. The minimum absolute atomic E-state index is 0.753. The molecular weight excluding hydrogens is 202 g/mol. The number of thioether (sulfide) groups is 1. The van der Waals surface area contributed by atoms with Crippen molar-refractivity contribution in [1.82, 2.24) is 5.32 Å². The molecule has 1 nitrogen and oxygen atoms in total. The van der Waals surface area contributed by atoms with E-state index in [2.05, 4.69) is 37.8 Å². The van der Waals surface area contributed by atoms with Gasteiger partial charge in [-0.15, -0.1) is 0 Å². The molecular formula is C13H27NS. The Hall–Kier alpha value is 0.310. The first-order valence-electron chi connectivity index (χ1n) is 6.60. The second-order valence-electron chi connectivity index (χ2n) is 4.94. The summed E-state index contributed by atoms with van der Waals surface area (Å²) in [7, 11) is 0. The monoisotopic (exact) mass is 229 g/mol. The summed E-state index contributed by atoms with van der Waals surface area (Å²) in [6, 6.07) is 1.54. The Labute approximate surface area is 99.8 Å². The lowest BCUT2D eigenvalue weighted by Gasteiger charge is -2.29. The van der Waals surface area contributed by atoms with Crippen molar-refractivity contribution < 1.29 is 0 Å². The number of hydrogen-bond acceptors (Lipinski definition) is 2. The van der Waals surface area contributed by atoms with Gasteiger partial charge in [0.25, 0.3) is 0 Å². The maximum absolute atomic E-state index is 3.85. The molecule has 90 valence electrons. The van der Waals surface area contributed by atoms with E-state index in [0.717, 1.165) is 18.0 Å². The normalized spacial score (nSPS) is 26.2. The lowest BCUT2D eigenvalue weighted by Crippen LogP contribution is -2.41. The molecule has 3 unspecified atom stereocenters. The molecule has 0 spiro atoms. The smallest absolute Gasteiger partial charge is 0.0161 e. The molecule has 0 aromatic heterocycles. The molecule has 1 aliphatic rings. The van der Waals surface area contributed by atoms with E-state index in [0.29, 0.717) is 0 Å². The van der Waals surface area contributed by atoms with Gasteiger partial charge in [-0.05, 0) is 37.4 Å². The van der Waals surface area contributed by atoms with Gasteiger partial charge >= 0.3 is 0 Å². The van der Waals surface area contributed by atoms with Crippen LogP contribution < -0.4 is 5.32 Å². The van der Waals surface area contributed by atoms with Crippen molar-refractivity contribution in [2.24, 2.45) is 5.92 Å². The van der Waals surface area contributed by atoms with Crippen molar-refractivity contribution in [3.8, 4) is 0 Å². The first kappa shape index (κ1) is 13.4. The Kier molecular flexibility index (Phi) is 6.74. The number of nitrogens with one attached hydrogen (secondary N) is 1. The molecule has 1 aliphatic heterocycles. The van der Waals surface area contributed by atoms with Gasteiger partial charge in [0, 0.05) is 17.8 Å². The number of rotatable bonds is 6. The van der Waals surface area contributed by atoms with Gasteiger partial charge in [-0.3, -0.25) is 0 Å². The van der Waals surface area contributed by atoms with Gasteiger partial charge in [0.1, 0.15) is 0 Å². The van der Waals surface area contributed by atoms with Crippen molar-refractivity contribution in [2.45, 2.75) is 65.0 Å². The molecule has 3 atom stereocenters. The van der Waals surface area contributed by atoms with Gasteiger partial charge < -0.3 is 5.32 Å². The molecule has 0 radical (unpaired) electrons. The van der Waals surface area contributed by atoms with Crippen LogP contribution in [-0.2, 0) is 0 Å². The summed E-state index contributed by atoms with van der Waals surface area (Å²) < 4.78 is 0. The second-order valence-corrected chi connectivity index (χ2v) is 6.08. The molecule has 1 rings (SSSR count). The first-order chi connectivity index (χ1) is 7.26. The van der Waals surface area contributed by atoms with E-state index in [9.17, 15) is 0 Å². The van der Waals surface area contributed by atoms with Crippen LogP contribution in [0, 0.1) is 5.92 Å². The van der Waals surface area contributed by atoms with E-state index in [1.165, 1.54) is 43.6 Å². The van der Waals surface area contributed by atoms with Crippen LogP contribution in [-0.4, -0.2) is 23.6 Å². The lowest BCUT2D eigenvalue weighted by molar-refractivity contribution is 0.347. The maximum atomic E-state index is 3.85. The molecule has 2 heteroatoms. The predicted octanol–water partition coefficient (Wildman–Crippen LogP) is 3.69. The van der Waals surface area contributed by atoms with Gasteiger partial charge in [0.15, 0.2) is 0 Å². The van der Waals surface area contributed by atoms with E-state index >= 15 is 0 Å². The van der Waals surface area contributed by atoms with E-state index in [4.69, 9.17) is 0 Å². The molecule has 1 heterocycles. The van der Waals surface area contributed by atoms with Crippen LogP contribution in [0.4, 0.5) is 0 Å². The highest BCUT2D eigenvalue weighted by Gasteiger charge is 2.18. The zero-order valence-corrected chi connectivity index (χ0v) is 11.4. The van der Waals surface area contributed by atoms with Gasteiger partial charge in [-0.25, -0.2) is 0 Å². The third-order valence-electron chi connectivity index (χ3n) is 3.51. The summed E-state index contributed by atoms with van der Waals surface area (Å²) in [6.45, 7) is 6.99. The summed E-state index contributed by atoms with van der Waals surface area (Å²) >= 11 is 2.12. The predicted molar refractivity (Wildman–Crippen MR) is 71.6 cm³/mol. The van der Waals surface area contributed by atoms with Crippen LogP contribution in [0.15, 0.2) is 0 Å². The summed E-state index contributed by atoms with van der Waals surface area (Å²) in [4.78, 5) is 0. The zero-order valence-electron chi connectivity index (χ0n) is 10.6. The highest BCUT2D eigenvalue weighted by Crippen LogP contribution is 2.19. The standard InChI is InChI=1S/C13H27NS/c1-4-11(3)9-12(5-2)14-13-7-6-8-15-10-13/h11-14H,4-10H2,1-3H3. The van der Waals surface area contributed by atoms with E-state index < -0.39 is 0 Å². The average Bonchev–Trinajstić information content (AvgIpc) is 2.29. The molecule has 0 amide bonds. The van der Waals surface area contributed by atoms with Crippen LogP contribution in [0.3, 0.4) is 0 Å². The molecule has 0 aromatic carbocycles. The van der Waals surface area contributed by atoms with Crippen LogP contribution in [0.1, 0.15) is 52.9 Å². The Morgan fingerprint density at radius 1 is 1.33 bits per heavy atom. The van der Waals surface area contributed by atoms with Gasteiger partial charge in [0.2, 0.25) is 0 Å². The van der Waals surface area contributed by atoms with E-state index in [-0.39, 0.29) is 0 Å². The van der Waals surface area contributed by atoms with E-state index in [1.807, 2.05) is 0 Å². The zero-order chi connectivity index (χ0) is 11.1. The van der Waals surface area contributed by atoms with Crippen molar-refractivity contribution in [2.75, 3.05) is 11.5 Å². The fourth-order valence-corrected chi connectivity index (χ4v) is 3.30. The third-order valence-corrected chi connectivity index (χ3v) is 4.72. The van der Waals surface area contributed by atoms with Gasteiger partial charge in [-0.1, -0.05) is 27.2 Å². The highest BCUT2D eigenvalue weighted by atomic mass is 32.2. The quantitative estimate of drug-likeness (QED) is 0.745. The molecule has 0 saturated carbocycles. The topological polar surface area (TPSA) is 12.0 Å². The SMILES string of the molecule is CCC(C)CC(CC)NC1CCCSC1. The number of hydrogen-bond donors (Lipinski definition) is 1. The van der Waals surface area contributed by atoms with E-state index in [1.54, 1.807) is 0 Å².